The Labute approximate surface area is 167 Å². The molecule has 0 fully saturated rings. The van der Waals surface area contributed by atoms with Crippen LogP contribution in [0, 0.1) is 11.8 Å². The van der Waals surface area contributed by atoms with Gasteiger partial charge in [-0.25, -0.2) is 0 Å². The molecule has 0 bridgehead atoms. The monoisotopic (exact) mass is 402 g/mol. The number of halogens is 1. The van der Waals surface area contributed by atoms with E-state index in [1.165, 1.54) is 24.3 Å². The van der Waals surface area contributed by atoms with Crippen LogP contribution < -0.4 is 0 Å². The third-order valence-electron chi connectivity index (χ3n) is 4.28. The Morgan fingerprint density at radius 3 is 1.86 bits per heavy atom. The summed E-state index contributed by atoms with van der Waals surface area (Å²) in [6, 6.07) is 14.3. The van der Waals surface area contributed by atoms with Crippen LogP contribution in [0.5, 0.6) is 0 Å². The molecule has 0 amide bonds. The van der Waals surface area contributed by atoms with E-state index in [0.717, 1.165) is 14.2 Å². The van der Waals surface area contributed by atoms with E-state index in [4.69, 9.17) is 11.6 Å². The third kappa shape index (κ3) is 5.04. The Bertz CT molecular complexity index is 844. The first-order valence-corrected chi connectivity index (χ1v) is 8.80. The third-order valence-corrected chi connectivity index (χ3v) is 4.53. The largest absolute Gasteiger partial charge is 0.468 e. The van der Waals surface area contributed by atoms with Gasteiger partial charge >= 0.3 is 11.9 Å². The van der Waals surface area contributed by atoms with Crippen molar-refractivity contribution in [2.45, 2.75) is 6.42 Å². The Morgan fingerprint density at radius 2 is 1.36 bits per heavy atom. The van der Waals surface area contributed by atoms with Crippen LogP contribution in [0.25, 0.3) is 0 Å². The van der Waals surface area contributed by atoms with Gasteiger partial charge in [0.05, 0.1) is 20.1 Å². The van der Waals surface area contributed by atoms with E-state index in [-0.39, 0.29) is 17.8 Å². The summed E-state index contributed by atoms with van der Waals surface area (Å²) in [4.78, 5) is 50.3. The van der Waals surface area contributed by atoms with Gasteiger partial charge < -0.3 is 9.47 Å². The molecule has 0 heterocycles. The first-order chi connectivity index (χ1) is 13.4. The van der Waals surface area contributed by atoms with Crippen molar-refractivity contribution < 1.29 is 28.7 Å². The van der Waals surface area contributed by atoms with Crippen LogP contribution in [0.15, 0.2) is 54.6 Å². The molecule has 0 aromatic heterocycles. The lowest BCUT2D eigenvalue weighted by atomic mass is 9.81. The molecule has 2 aromatic carbocycles. The number of Topliss-reactive ketones (excluding diaryl/α,β-unsaturated/α-hetero) is 2. The summed E-state index contributed by atoms with van der Waals surface area (Å²) >= 11 is 5.85. The van der Waals surface area contributed by atoms with Crippen molar-refractivity contribution in [3.63, 3.8) is 0 Å². The fourth-order valence-electron chi connectivity index (χ4n) is 2.81. The standard InChI is InChI=1S/C21H19ClO6/c1-27-20(25)18(21(26)28-2)16(12-17(23)13-6-4-3-5-7-13)19(24)14-8-10-15(22)11-9-14/h3-11,16,18H,12H2,1-2H3. The molecule has 0 saturated heterocycles. The summed E-state index contributed by atoms with van der Waals surface area (Å²) < 4.78 is 9.37. The van der Waals surface area contributed by atoms with Gasteiger partial charge in [0.1, 0.15) is 0 Å². The maximum Gasteiger partial charge on any atom is 0.320 e. The van der Waals surface area contributed by atoms with Gasteiger partial charge in [-0.3, -0.25) is 19.2 Å². The van der Waals surface area contributed by atoms with E-state index in [1.807, 2.05) is 0 Å². The average molecular weight is 403 g/mol. The Morgan fingerprint density at radius 1 is 0.821 bits per heavy atom. The van der Waals surface area contributed by atoms with E-state index >= 15 is 0 Å². The maximum atomic E-state index is 13.1. The van der Waals surface area contributed by atoms with Crippen molar-refractivity contribution >= 4 is 35.1 Å². The van der Waals surface area contributed by atoms with Gasteiger partial charge in [0.25, 0.3) is 0 Å². The normalized spacial score (nSPS) is 11.6. The first-order valence-electron chi connectivity index (χ1n) is 8.42. The van der Waals surface area contributed by atoms with E-state index in [0.29, 0.717) is 10.6 Å². The number of hydrogen-bond donors (Lipinski definition) is 0. The van der Waals surface area contributed by atoms with Crippen LogP contribution >= 0.6 is 11.6 Å². The second-order valence-corrected chi connectivity index (χ2v) is 6.43. The highest BCUT2D eigenvalue weighted by Gasteiger charge is 2.42. The number of ether oxygens (including phenoxy) is 2. The van der Waals surface area contributed by atoms with E-state index < -0.39 is 29.6 Å². The summed E-state index contributed by atoms with van der Waals surface area (Å²) in [5.41, 5.74) is 0.581. The molecule has 0 aliphatic heterocycles. The highest BCUT2D eigenvalue weighted by molar-refractivity contribution is 6.30. The molecule has 0 aliphatic carbocycles. The molecular formula is C21H19ClO6. The average Bonchev–Trinajstić information content (AvgIpc) is 2.73. The lowest BCUT2D eigenvalue weighted by Crippen LogP contribution is -2.38. The van der Waals surface area contributed by atoms with Crippen molar-refractivity contribution in [3.8, 4) is 0 Å². The summed E-state index contributed by atoms with van der Waals surface area (Å²) in [7, 11) is 2.20. The number of carbonyl (C=O) groups excluding carboxylic acids is 4. The van der Waals surface area contributed by atoms with E-state index in [1.54, 1.807) is 30.3 Å². The van der Waals surface area contributed by atoms with E-state index in [9.17, 15) is 19.2 Å². The summed E-state index contributed by atoms with van der Waals surface area (Å²) in [5.74, 6) is -5.67. The zero-order valence-corrected chi connectivity index (χ0v) is 16.1. The molecule has 1 unspecified atom stereocenters. The number of esters is 2. The maximum absolute atomic E-state index is 13.1. The minimum Gasteiger partial charge on any atom is -0.468 e. The number of rotatable bonds is 8. The Kier molecular flexibility index (Phi) is 7.46. The molecule has 1 atom stereocenters. The summed E-state index contributed by atoms with van der Waals surface area (Å²) in [5, 5.41) is 0.422. The highest BCUT2D eigenvalue weighted by Crippen LogP contribution is 2.26. The fourth-order valence-corrected chi connectivity index (χ4v) is 2.94. The lowest BCUT2D eigenvalue weighted by Gasteiger charge is -2.22. The predicted molar refractivity (Wildman–Crippen MR) is 102 cm³/mol. The lowest BCUT2D eigenvalue weighted by molar-refractivity contribution is -0.160. The Hall–Kier alpha value is -2.99. The van der Waals surface area contributed by atoms with Crippen LogP contribution in [0.1, 0.15) is 27.1 Å². The molecule has 2 aromatic rings. The summed E-state index contributed by atoms with van der Waals surface area (Å²) in [6.45, 7) is 0. The second kappa shape index (κ2) is 9.80. The number of carbonyl (C=O) groups is 4. The number of hydrogen-bond acceptors (Lipinski definition) is 6. The van der Waals surface area contributed by atoms with Crippen LogP contribution in [-0.2, 0) is 19.1 Å². The molecule has 6 nitrogen and oxygen atoms in total. The number of methoxy groups -OCH3 is 2. The molecule has 0 saturated carbocycles. The molecular weight excluding hydrogens is 384 g/mol. The minimum absolute atomic E-state index is 0.216. The van der Waals surface area contributed by atoms with Crippen LogP contribution in [0.2, 0.25) is 5.02 Å². The molecule has 2 rings (SSSR count). The van der Waals surface area contributed by atoms with Gasteiger partial charge in [-0.15, -0.1) is 0 Å². The molecule has 28 heavy (non-hydrogen) atoms. The minimum atomic E-state index is -1.56. The molecule has 0 N–H and O–H groups in total. The summed E-state index contributed by atoms with van der Waals surface area (Å²) in [6.07, 6.45) is -0.361. The van der Waals surface area contributed by atoms with E-state index in [2.05, 4.69) is 9.47 Å². The topological polar surface area (TPSA) is 86.7 Å². The smallest absolute Gasteiger partial charge is 0.320 e. The fraction of sp³-hybridized carbons (Fsp3) is 0.238. The zero-order chi connectivity index (χ0) is 20.7. The first kappa shape index (κ1) is 21.3. The quantitative estimate of drug-likeness (QED) is 0.382. The van der Waals surface area contributed by atoms with Crippen molar-refractivity contribution in [2.75, 3.05) is 14.2 Å². The van der Waals surface area contributed by atoms with Crippen molar-refractivity contribution in [1.82, 2.24) is 0 Å². The number of benzene rings is 2. The molecule has 7 heteroatoms. The van der Waals surface area contributed by atoms with Gasteiger partial charge in [-0.2, -0.15) is 0 Å². The molecule has 0 aliphatic rings. The number of ketones is 2. The van der Waals surface area contributed by atoms with Gasteiger partial charge in [0.15, 0.2) is 17.5 Å². The van der Waals surface area contributed by atoms with Crippen molar-refractivity contribution in [3.05, 3.63) is 70.7 Å². The second-order valence-electron chi connectivity index (χ2n) is 5.99. The predicted octanol–water partition coefficient (Wildman–Crippen LogP) is 3.37. The molecule has 0 radical (unpaired) electrons. The van der Waals surface area contributed by atoms with Gasteiger partial charge in [-0.1, -0.05) is 41.9 Å². The zero-order valence-electron chi connectivity index (χ0n) is 15.4. The van der Waals surface area contributed by atoms with Crippen LogP contribution in [-0.4, -0.2) is 37.7 Å². The Balaban J connectivity index is 2.45. The SMILES string of the molecule is COC(=O)C(C(=O)OC)C(CC(=O)c1ccccc1)C(=O)c1ccc(Cl)cc1. The van der Waals surface area contributed by atoms with Gasteiger partial charge in [0, 0.05) is 22.6 Å². The highest BCUT2D eigenvalue weighted by atomic mass is 35.5. The van der Waals surface area contributed by atoms with Crippen molar-refractivity contribution in [2.24, 2.45) is 11.8 Å². The van der Waals surface area contributed by atoms with Gasteiger partial charge in [-0.05, 0) is 24.3 Å². The van der Waals surface area contributed by atoms with Gasteiger partial charge in [0.2, 0.25) is 0 Å². The van der Waals surface area contributed by atoms with Crippen LogP contribution in [0.3, 0.4) is 0 Å². The molecule has 0 spiro atoms. The van der Waals surface area contributed by atoms with Crippen LogP contribution in [0.4, 0.5) is 0 Å². The van der Waals surface area contributed by atoms with Crippen molar-refractivity contribution in [1.29, 1.82) is 0 Å². The molecule has 146 valence electrons.